The van der Waals surface area contributed by atoms with Crippen LogP contribution in [0.5, 0.6) is 11.5 Å². The molecule has 0 bridgehead atoms. The Hall–Kier alpha value is -3.50. The summed E-state index contributed by atoms with van der Waals surface area (Å²) in [7, 11) is 0. The maximum atomic E-state index is 6.38. The molecule has 2 aliphatic rings. The molecule has 37 heavy (non-hydrogen) atoms. The van der Waals surface area contributed by atoms with Crippen molar-refractivity contribution < 1.29 is 14.2 Å². The number of anilines is 1. The fourth-order valence-electron chi connectivity index (χ4n) is 5.34. The lowest BCUT2D eigenvalue weighted by Gasteiger charge is -2.40. The molecule has 192 valence electrons. The van der Waals surface area contributed by atoms with E-state index in [1.807, 2.05) is 42.5 Å². The molecule has 2 saturated heterocycles. The minimum atomic E-state index is -0.275. The van der Waals surface area contributed by atoms with E-state index in [1.165, 1.54) is 0 Å². The second-order valence-corrected chi connectivity index (χ2v) is 9.60. The van der Waals surface area contributed by atoms with Gasteiger partial charge in [-0.1, -0.05) is 30.3 Å². The molecule has 4 heterocycles. The number of nitrogens with zero attached hydrogens (tertiary/aromatic N) is 4. The first-order valence-electron chi connectivity index (χ1n) is 12.8. The van der Waals surface area contributed by atoms with Crippen molar-refractivity contribution in [1.82, 2.24) is 19.4 Å². The molecular formula is C28H32N6O3. The van der Waals surface area contributed by atoms with Crippen molar-refractivity contribution >= 4 is 16.9 Å². The molecule has 9 heteroatoms. The minimum absolute atomic E-state index is 0.273. The molecular weight excluding hydrogens is 468 g/mol. The maximum absolute atomic E-state index is 6.38. The summed E-state index contributed by atoms with van der Waals surface area (Å²) in [6.45, 7) is 3.66. The zero-order valence-electron chi connectivity index (χ0n) is 20.7. The van der Waals surface area contributed by atoms with Crippen LogP contribution in [0.3, 0.4) is 0 Å². The highest BCUT2D eigenvalue weighted by Gasteiger charge is 2.31. The van der Waals surface area contributed by atoms with Crippen molar-refractivity contribution in [2.24, 2.45) is 5.73 Å². The normalized spacial score (nSPS) is 21.3. The third kappa shape index (κ3) is 4.91. The number of aromatic nitrogens is 3. The predicted octanol–water partition coefficient (Wildman–Crippen LogP) is 3.81. The first-order valence-corrected chi connectivity index (χ1v) is 12.8. The zero-order valence-corrected chi connectivity index (χ0v) is 20.7. The van der Waals surface area contributed by atoms with E-state index < -0.39 is 0 Å². The Bertz CT molecular complexity index is 1330. The molecule has 4 aromatic rings. The summed E-state index contributed by atoms with van der Waals surface area (Å²) in [5.74, 6) is 2.08. The number of nitrogens with two attached hydrogens (primary N) is 2. The summed E-state index contributed by atoms with van der Waals surface area (Å²) in [5.41, 5.74) is 15.0. The largest absolute Gasteiger partial charge is 0.457 e. The van der Waals surface area contributed by atoms with E-state index in [9.17, 15) is 0 Å². The Labute approximate surface area is 216 Å². The molecule has 0 amide bonds. The molecule has 0 unspecified atom stereocenters. The first kappa shape index (κ1) is 23.9. The Morgan fingerprint density at radius 2 is 1.59 bits per heavy atom. The number of fused-ring (bicyclic) bond motifs is 1. The van der Waals surface area contributed by atoms with Gasteiger partial charge in [-0.3, -0.25) is 4.90 Å². The van der Waals surface area contributed by atoms with Gasteiger partial charge in [-0.2, -0.15) is 0 Å². The molecule has 6 rings (SSSR count). The molecule has 0 saturated carbocycles. The number of piperidine rings is 1. The predicted molar refractivity (Wildman–Crippen MR) is 142 cm³/mol. The number of para-hydroxylation sites is 1. The van der Waals surface area contributed by atoms with Crippen LogP contribution in [0, 0.1) is 0 Å². The van der Waals surface area contributed by atoms with Gasteiger partial charge < -0.3 is 30.2 Å². The van der Waals surface area contributed by atoms with E-state index in [0.29, 0.717) is 31.6 Å². The highest BCUT2D eigenvalue weighted by molar-refractivity contribution is 6.00. The van der Waals surface area contributed by atoms with Gasteiger partial charge in [0, 0.05) is 37.4 Å². The highest BCUT2D eigenvalue weighted by Crippen LogP contribution is 2.37. The summed E-state index contributed by atoms with van der Waals surface area (Å²) in [4.78, 5) is 11.4. The van der Waals surface area contributed by atoms with Crippen molar-refractivity contribution in [2.45, 2.75) is 31.2 Å². The molecule has 2 fully saturated rings. The zero-order chi connectivity index (χ0) is 25.2. The number of hydrogen-bond donors (Lipinski definition) is 2. The van der Waals surface area contributed by atoms with Crippen LogP contribution in [-0.2, 0) is 9.47 Å². The van der Waals surface area contributed by atoms with Crippen LogP contribution < -0.4 is 16.2 Å². The molecule has 2 aliphatic heterocycles. The van der Waals surface area contributed by atoms with Gasteiger partial charge in [-0.05, 0) is 42.7 Å². The molecule has 0 atom stereocenters. The van der Waals surface area contributed by atoms with E-state index in [1.54, 1.807) is 6.33 Å². The molecule has 0 aliphatic carbocycles. The minimum Gasteiger partial charge on any atom is -0.457 e. The SMILES string of the molecule is NCC1OCC(N2CCC(n3cc(-c4ccc(Oc5ccccc5)cc4)c4c(N)ncnc43)CC2)CO1. The third-order valence-electron chi connectivity index (χ3n) is 7.33. The fraction of sp³-hybridized carbons (Fsp3) is 0.357. The van der Waals surface area contributed by atoms with Gasteiger partial charge in [-0.15, -0.1) is 0 Å². The number of benzene rings is 2. The quantitative estimate of drug-likeness (QED) is 0.411. The van der Waals surface area contributed by atoms with E-state index >= 15 is 0 Å². The van der Waals surface area contributed by atoms with Crippen molar-refractivity contribution in [3.63, 3.8) is 0 Å². The van der Waals surface area contributed by atoms with Crippen molar-refractivity contribution in [2.75, 3.05) is 38.6 Å². The molecule has 4 N–H and O–H groups in total. The van der Waals surface area contributed by atoms with E-state index in [4.69, 9.17) is 25.7 Å². The number of hydrogen-bond acceptors (Lipinski definition) is 8. The smallest absolute Gasteiger partial charge is 0.169 e. The summed E-state index contributed by atoms with van der Waals surface area (Å²) in [6, 6.07) is 18.4. The molecule has 0 spiro atoms. The summed E-state index contributed by atoms with van der Waals surface area (Å²) < 4.78 is 19.7. The maximum Gasteiger partial charge on any atom is 0.169 e. The average Bonchev–Trinajstić information content (AvgIpc) is 3.35. The Kier molecular flexibility index (Phi) is 6.75. The topological polar surface area (TPSA) is 114 Å². The van der Waals surface area contributed by atoms with Gasteiger partial charge in [0.2, 0.25) is 0 Å². The highest BCUT2D eigenvalue weighted by atomic mass is 16.7. The summed E-state index contributed by atoms with van der Waals surface area (Å²) in [5, 5.41) is 0.892. The average molecular weight is 501 g/mol. The number of nitrogen functional groups attached to an aromatic ring is 1. The van der Waals surface area contributed by atoms with Crippen molar-refractivity contribution in [1.29, 1.82) is 0 Å². The summed E-state index contributed by atoms with van der Waals surface area (Å²) in [6.07, 6.45) is 5.47. The van der Waals surface area contributed by atoms with Gasteiger partial charge in [0.25, 0.3) is 0 Å². The third-order valence-corrected chi connectivity index (χ3v) is 7.33. The number of rotatable bonds is 6. The van der Waals surface area contributed by atoms with Gasteiger partial charge >= 0.3 is 0 Å². The van der Waals surface area contributed by atoms with Crippen LogP contribution in [0.25, 0.3) is 22.2 Å². The molecule has 2 aromatic carbocycles. The molecule has 2 aromatic heterocycles. The van der Waals surface area contributed by atoms with E-state index in [2.05, 4.69) is 37.8 Å². The van der Waals surface area contributed by atoms with Gasteiger partial charge in [0.05, 0.1) is 24.6 Å². The van der Waals surface area contributed by atoms with Crippen LogP contribution in [0.1, 0.15) is 18.9 Å². The standard InChI is InChI=1S/C28H32N6O3/c29-14-25-35-16-21(17-36-25)33-12-10-20(11-13-33)34-15-24(26-27(30)31-18-32-28(26)34)19-6-8-23(9-7-19)37-22-4-2-1-3-5-22/h1-9,15,18,20-21,25H,10-14,16-17,29H2,(H2,30,31,32). The van der Waals surface area contributed by atoms with Crippen LogP contribution in [0.4, 0.5) is 5.82 Å². The van der Waals surface area contributed by atoms with Gasteiger partial charge in [-0.25, -0.2) is 9.97 Å². The van der Waals surface area contributed by atoms with Crippen LogP contribution >= 0.6 is 0 Å². The first-order chi connectivity index (χ1) is 18.2. The van der Waals surface area contributed by atoms with Crippen LogP contribution in [0.15, 0.2) is 67.1 Å². The van der Waals surface area contributed by atoms with Crippen molar-refractivity contribution in [3.8, 4) is 22.6 Å². The second-order valence-electron chi connectivity index (χ2n) is 9.60. The van der Waals surface area contributed by atoms with E-state index in [0.717, 1.165) is 59.6 Å². The summed E-state index contributed by atoms with van der Waals surface area (Å²) >= 11 is 0. The second kappa shape index (κ2) is 10.5. The fourth-order valence-corrected chi connectivity index (χ4v) is 5.34. The Morgan fingerprint density at radius 1 is 0.892 bits per heavy atom. The van der Waals surface area contributed by atoms with E-state index in [-0.39, 0.29) is 12.3 Å². The number of ether oxygens (including phenoxy) is 3. The molecule has 9 nitrogen and oxygen atoms in total. The monoisotopic (exact) mass is 500 g/mol. The lowest BCUT2D eigenvalue weighted by Crippen LogP contribution is -2.51. The number of likely N-dealkylation sites (tertiary alicyclic amines) is 1. The Morgan fingerprint density at radius 3 is 2.30 bits per heavy atom. The van der Waals surface area contributed by atoms with Gasteiger partial charge in [0.15, 0.2) is 6.29 Å². The van der Waals surface area contributed by atoms with Crippen LogP contribution in [0.2, 0.25) is 0 Å². The van der Waals surface area contributed by atoms with Crippen molar-refractivity contribution in [3.05, 3.63) is 67.1 Å². The Balaban J connectivity index is 1.21. The molecule has 0 radical (unpaired) electrons. The van der Waals surface area contributed by atoms with Crippen LogP contribution in [-0.4, -0.2) is 64.6 Å². The lowest BCUT2D eigenvalue weighted by atomic mass is 10.0. The lowest BCUT2D eigenvalue weighted by molar-refractivity contribution is -0.200. The van der Waals surface area contributed by atoms with Gasteiger partial charge in [0.1, 0.15) is 29.3 Å².